The molecule has 1 atom stereocenters. The Morgan fingerprint density at radius 2 is 2.17 bits per heavy atom. The number of hydrogen-bond acceptors (Lipinski definition) is 1. The van der Waals surface area contributed by atoms with Crippen molar-refractivity contribution in [1.29, 1.82) is 0 Å². The number of halogens is 3. The van der Waals surface area contributed by atoms with Crippen LogP contribution in [-0.2, 0) is 11.2 Å². The van der Waals surface area contributed by atoms with Crippen LogP contribution in [0, 0.1) is 17.6 Å². The first-order chi connectivity index (χ1) is 8.60. The molecule has 0 aliphatic carbocycles. The van der Waals surface area contributed by atoms with Crippen molar-refractivity contribution in [3.8, 4) is 0 Å². The Kier molecular flexibility index (Phi) is 4.32. The summed E-state index contributed by atoms with van der Waals surface area (Å²) in [5.41, 5.74) is 0.515. The maximum atomic E-state index is 13.0. The summed E-state index contributed by atoms with van der Waals surface area (Å²) in [6.07, 6.45) is 1.13. The molecule has 98 valence electrons. The molecule has 0 aromatic heterocycles. The lowest BCUT2D eigenvalue weighted by molar-refractivity contribution is -0.129. The van der Waals surface area contributed by atoms with E-state index >= 15 is 0 Å². The fourth-order valence-electron chi connectivity index (χ4n) is 2.12. The minimum Gasteiger partial charge on any atom is -0.342 e. The maximum absolute atomic E-state index is 13.0. The summed E-state index contributed by atoms with van der Waals surface area (Å²) in [5.74, 6) is -1.31. The molecule has 1 aromatic carbocycles. The van der Waals surface area contributed by atoms with Crippen molar-refractivity contribution in [2.45, 2.75) is 12.8 Å². The lowest BCUT2D eigenvalue weighted by atomic mass is 10.1. The first-order valence-corrected chi connectivity index (χ1v) is 7.00. The minimum absolute atomic E-state index is 0.0236. The molecule has 0 N–H and O–H groups in total. The highest BCUT2D eigenvalue weighted by atomic mass is 79.9. The number of benzene rings is 1. The smallest absolute Gasteiger partial charge is 0.227 e. The molecule has 1 aliphatic rings. The van der Waals surface area contributed by atoms with Crippen molar-refractivity contribution < 1.29 is 13.6 Å². The third-order valence-corrected chi connectivity index (χ3v) is 4.11. The number of amides is 1. The Hall–Kier alpha value is -0.970. The third-order valence-electron chi connectivity index (χ3n) is 3.20. The Morgan fingerprint density at radius 1 is 1.39 bits per heavy atom. The zero-order valence-corrected chi connectivity index (χ0v) is 11.4. The molecule has 0 radical (unpaired) electrons. The summed E-state index contributed by atoms with van der Waals surface area (Å²) in [6.45, 7) is 1.49. The molecule has 1 fully saturated rings. The Morgan fingerprint density at radius 3 is 2.78 bits per heavy atom. The molecule has 2 rings (SSSR count). The Balaban J connectivity index is 1.97. The number of hydrogen-bond donors (Lipinski definition) is 0. The quantitative estimate of drug-likeness (QED) is 0.785. The van der Waals surface area contributed by atoms with Crippen molar-refractivity contribution in [3.63, 3.8) is 0 Å². The van der Waals surface area contributed by atoms with E-state index in [9.17, 15) is 13.6 Å². The van der Waals surface area contributed by atoms with E-state index in [-0.39, 0.29) is 12.3 Å². The SMILES string of the molecule is O=C(Cc1ccc(F)c(F)c1)N1CCC(CBr)C1. The van der Waals surface area contributed by atoms with Gasteiger partial charge in [0.2, 0.25) is 5.91 Å². The van der Waals surface area contributed by atoms with Crippen LogP contribution in [0.2, 0.25) is 0 Å². The van der Waals surface area contributed by atoms with Gasteiger partial charge in [-0.15, -0.1) is 0 Å². The summed E-state index contributed by atoms with van der Waals surface area (Å²) < 4.78 is 25.8. The van der Waals surface area contributed by atoms with Gasteiger partial charge in [-0.2, -0.15) is 0 Å². The second-order valence-electron chi connectivity index (χ2n) is 4.57. The number of carbonyl (C=O) groups excluding carboxylic acids is 1. The van der Waals surface area contributed by atoms with Gasteiger partial charge in [-0.1, -0.05) is 22.0 Å². The lowest BCUT2D eigenvalue weighted by Crippen LogP contribution is -2.30. The van der Waals surface area contributed by atoms with Crippen LogP contribution in [0.25, 0.3) is 0 Å². The van der Waals surface area contributed by atoms with E-state index in [0.717, 1.165) is 37.0 Å². The summed E-state index contributed by atoms with van der Waals surface area (Å²) in [6, 6.07) is 3.60. The summed E-state index contributed by atoms with van der Waals surface area (Å²) >= 11 is 3.41. The van der Waals surface area contributed by atoms with Crippen LogP contribution in [0.5, 0.6) is 0 Å². The number of nitrogens with zero attached hydrogens (tertiary/aromatic N) is 1. The maximum Gasteiger partial charge on any atom is 0.227 e. The molecule has 0 bridgehead atoms. The number of carbonyl (C=O) groups is 1. The predicted molar refractivity (Wildman–Crippen MR) is 68.5 cm³/mol. The zero-order chi connectivity index (χ0) is 13.1. The number of likely N-dealkylation sites (tertiary alicyclic amines) is 1. The van der Waals surface area contributed by atoms with Crippen molar-refractivity contribution >= 4 is 21.8 Å². The van der Waals surface area contributed by atoms with Crippen LogP contribution >= 0.6 is 15.9 Å². The van der Waals surface area contributed by atoms with Gasteiger partial charge in [-0.25, -0.2) is 8.78 Å². The van der Waals surface area contributed by atoms with Gasteiger partial charge in [0.05, 0.1) is 6.42 Å². The highest BCUT2D eigenvalue weighted by molar-refractivity contribution is 9.09. The largest absolute Gasteiger partial charge is 0.342 e. The summed E-state index contributed by atoms with van der Waals surface area (Å²) in [7, 11) is 0. The first kappa shape index (κ1) is 13.5. The standard InChI is InChI=1S/C13H14BrF2NO/c14-7-10-3-4-17(8-10)13(18)6-9-1-2-11(15)12(16)5-9/h1-2,5,10H,3-4,6-8H2. The molecule has 1 saturated heterocycles. The molecule has 0 spiro atoms. The van der Waals surface area contributed by atoms with Crippen LogP contribution in [0.4, 0.5) is 8.78 Å². The monoisotopic (exact) mass is 317 g/mol. The van der Waals surface area contributed by atoms with Gasteiger partial charge in [0, 0.05) is 18.4 Å². The van der Waals surface area contributed by atoms with Crippen LogP contribution in [0.3, 0.4) is 0 Å². The van der Waals surface area contributed by atoms with Crippen LogP contribution < -0.4 is 0 Å². The zero-order valence-electron chi connectivity index (χ0n) is 9.83. The molecule has 1 aliphatic heterocycles. The van der Waals surface area contributed by atoms with Gasteiger partial charge < -0.3 is 4.90 Å². The van der Waals surface area contributed by atoms with Gasteiger partial charge in [-0.05, 0) is 30.0 Å². The summed E-state index contributed by atoms with van der Waals surface area (Å²) in [5, 5.41) is 0.891. The van der Waals surface area contributed by atoms with Gasteiger partial charge in [0.15, 0.2) is 11.6 Å². The average molecular weight is 318 g/mol. The normalized spacial score (nSPS) is 19.3. The molecule has 0 saturated carbocycles. The Bertz CT molecular complexity index is 453. The lowest BCUT2D eigenvalue weighted by Gasteiger charge is -2.16. The Labute approximate surface area is 113 Å². The topological polar surface area (TPSA) is 20.3 Å². The fourth-order valence-corrected chi connectivity index (χ4v) is 2.65. The molecule has 5 heteroatoms. The molecule has 2 nitrogen and oxygen atoms in total. The van der Waals surface area contributed by atoms with Crippen molar-refractivity contribution in [3.05, 3.63) is 35.4 Å². The van der Waals surface area contributed by atoms with E-state index in [1.165, 1.54) is 6.07 Å². The highest BCUT2D eigenvalue weighted by Crippen LogP contribution is 2.19. The van der Waals surface area contributed by atoms with E-state index in [1.807, 2.05) is 0 Å². The molecular weight excluding hydrogens is 304 g/mol. The second kappa shape index (κ2) is 5.78. The van der Waals surface area contributed by atoms with Crippen LogP contribution in [0.1, 0.15) is 12.0 Å². The second-order valence-corrected chi connectivity index (χ2v) is 5.22. The van der Waals surface area contributed by atoms with E-state index in [0.29, 0.717) is 11.5 Å². The predicted octanol–water partition coefficient (Wildman–Crippen LogP) is 2.75. The molecule has 1 aromatic rings. The molecule has 18 heavy (non-hydrogen) atoms. The first-order valence-electron chi connectivity index (χ1n) is 5.88. The van der Waals surface area contributed by atoms with E-state index < -0.39 is 11.6 Å². The van der Waals surface area contributed by atoms with E-state index in [1.54, 1.807) is 4.90 Å². The highest BCUT2D eigenvalue weighted by Gasteiger charge is 2.25. The van der Waals surface area contributed by atoms with E-state index in [4.69, 9.17) is 0 Å². The minimum atomic E-state index is -0.903. The fraction of sp³-hybridized carbons (Fsp3) is 0.462. The molecule has 1 heterocycles. The van der Waals surface area contributed by atoms with Crippen molar-refractivity contribution in [2.24, 2.45) is 5.92 Å². The van der Waals surface area contributed by atoms with Gasteiger partial charge in [0.1, 0.15) is 0 Å². The van der Waals surface area contributed by atoms with E-state index in [2.05, 4.69) is 15.9 Å². The van der Waals surface area contributed by atoms with Crippen LogP contribution in [-0.4, -0.2) is 29.2 Å². The third kappa shape index (κ3) is 3.07. The van der Waals surface area contributed by atoms with Crippen molar-refractivity contribution in [2.75, 3.05) is 18.4 Å². The molecular formula is C13H14BrF2NO. The van der Waals surface area contributed by atoms with Gasteiger partial charge in [0.25, 0.3) is 0 Å². The van der Waals surface area contributed by atoms with Gasteiger partial charge in [-0.3, -0.25) is 4.79 Å². The van der Waals surface area contributed by atoms with Gasteiger partial charge >= 0.3 is 0 Å². The van der Waals surface area contributed by atoms with Crippen LogP contribution in [0.15, 0.2) is 18.2 Å². The molecule has 1 unspecified atom stereocenters. The number of alkyl halides is 1. The molecule has 1 amide bonds. The summed E-state index contributed by atoms with van der Waals surface area (Å²) in [4.78, 5) is 13.8. The average Bonchev–Trinajstić information content (AvgIpc) is 2.82. The number of rotatable bonds is 3. The van der Waals surface area contributed by atoms with Crippen molar-refractivity contribution in [1.82, 2.24) is 4.90 Å².